The molecule has 2 rings (SSSR count). The maximum atomic E-state index is 11.6. The summed E-state index contributed by atoms with van der Waals surface area (Å²) >= 11 is 5.80. The second-order valence-electron chi connectivity index (χ2n) is 3.33. The Balaban J connectivity index is 2.11. The molecule has 0 amide bonds. The quantitative estimate of drug-likeness (QED) is 0.507. The molecule has 0 saturated heterocycles. The first kappa shape index (κ1) is 11.4. The number of hydrogen-bond acceptors (Lipinski definition) is 2. The van der Waals surface area contributed by atoms with Crippen LogP contribution in [0, 0.1) is 5.21 Å². The van der Waals surface area contributed by atoms with Gasteiger partial charge in [-0.2, -0.15) is 0 Å². The highest BCUT2D eigenvalue weighted by Gasteiger charge is 1.98. The summed E-state index contributed by atoms with van der Waals surface area (Å²) in [5.74, 6) is 0. The second-order valence-corrected chi connectivity index (χ2v) is 3.77. The lowest BCUT2D eigenvalue weighted by atomic mass is 10.3. The van der Waals surface area contributed by atoms with E-state index in [-0.39, 0.29) is 0 Å². The molecule has 0 fully saturated rings. The first-order chi connectivity index (χ1) is 8.25. The topological polar surface area (TPSA) is 50.5 Å². The number of nitrogens with zero attached hydrogens (tertiary/aromatic N) is 2. The van der Waals surface area contributed by atoms with Crippen molar-refractivity contribution in [2.75, 3.05) is 5.43 Å². The Bertz CT molecular complexity index is 528. The molecule has 0 spiro atoms. The number of rotatable bonds is 3. The van der Waals surface area contributed by atoms with Crippen LogP contribution in [-0.4, -0.2) is 4.86 Å². The summed E-state index contributed by atoms with van der Waals surface area (Å²) < 4.78 is 0. The Morgan fingerprint density at radius 3 is 2.53 bits per heavy atom. The van der Waals surface area contributed by atoms with E-state index in [0.717, 1.165) is 0 Å². The maximum Gasteiger partial charge on any atom is 0.154 e. The minimum Gasteiger partial charge on any atom is -0.691 e. The Hall–Kier alpha value is -2.07. The van der Waals surface area contributed by atoms with Gasteiger partial charge in [-0.15, -0.1) is 10.3 Å². The van der Waals surface area contributed by atoms with Crippen molar-refractivity contribution in [3.05, 3.63) is 64.8 Å². The molecule has 0 radical (unpaired) electrons. The van der Waals surface area contributed by atoms with Crippen LogP contribution >= 0.6 is 11.6 Å². The number of para-hydroxylation sites is 1. The molecule has 0 aliphatic rings. The monoisotopic (exact) mass is 247 g/mol. The highest BCUT2D eigenvalue weighted by molar-refractivity contribution is 6.30. The minimum atomic E-state index is 0.460. The highest BCUT2D eigenvalue weighted by Crippen LogP contribution is 2.15. The van der Waals surface area contributed by atoms with Crippen LogP contribution in [0.5, 0.6) is 0 Å². The molecule has 2 aromatic rings. The molecule has 0 heterocycles. The molecule has 0 saturated carbocycles. The number of nitrogens with one attached hydrogen (secondary N) is 1. The van der Waals surface area contributed by atoms with Gasteiger partial charge < -0.3 is 5.21 Å². The molecule has 2 aromatic carbocycles. The van der Waals surface area contributed by atoms with Gasteiger partial charge in [-0.1, -0.05) is 35.9 Å². The molecule has 0 unspecified atom stereocenters. The Kier molecular flexibility index (Phi) is 3.57. The van der Waals surface area contributed by atoms with E-state index in [2.05, 4.69) is 10.6 Å². The summed E-state index contributed by atoms with van der Waals surface area (Å²) in [5, 5.41) is 15.8. The van der Waals surface area contributed by atoms with E-state index in [1.54, 1.807) is 48.5 Å². The van der Waals surface area contributed by atoms with Gasteiger partial charge in [0.05, 0.1) is 5.22 Å². The fourth-order valence-corrected chi connectivity index (χ4v) is 1.46. The van der Waals surface area contributed by atoms with Crippen molar-refractivity contribution in [2.45, 2.75) is 0 Å². The van der Waals surface area contributed by atoms with Crippen LogP contribution in [0.4, 0.5) is 11.4 Å². The lowest BCUT2D eigenvalue weighted by Gasteiger charge is -2.04. The zero-order valence-corrected chi connectivity index (χ0v) is 9.63. The van der Waals surface area contributed by atoms with Gasteiger partial charge in [-0.05, 0) is 24.3 Å². The number of halogens is 1. The number of anilines is 1. The Labute approximate surface area is 104 Å². The van der Waals surface area contributed by atoms with Gasteiger partial charge in [0.2, 0.25) is 0 Å². The van der Waals surface area contributed by atoms with Gasteiger partial charge in [-0.3, -0.25) is 0 Å². The van der Waals surface area contributed by atoms with Crippen molar-refractivity contribution < 1.29 is 4.86 Å². The van der Waals surface area contributed by atoms with E-state index >= 15 is 0 Å². The van der Waals surface area contributed by atoms with Crippen molar-refractivity contribution in [1.29, 1.82) is 0 Å². The standard InChI is InChI=1S/C12H10ClN3O/c13-10-5-4-6-11(9-10)14-15-16(17)12-7-2-1-3-8-12/h1-9,14H. The van der Waals surface area contributed by atoms with Crippen LogP contribution in [0.15, 0.2) is 59.8 Å². The normalized spacial score (nSPS) is 11.2. The summed E-state index contributed by atoms with van der Waals surface area (Å²) in [6, 6.07) is 15.7. The van der Waals surface area contributed by atoms with Gasteiger partial charge in [0.25, 0.3) is 0 Å². The van der Waals surface area contributed by atoms with Crippen molar-refractivity contribution in [2.24, 2.45) is 5.22 Å². The average Bonchev–Trinajstić information content (AvgIpc) is 2.37. The molecule has 1 N–H and O–H groups in total. The number of hydrogen-bond donors (Lipinski definition) is 1. The SMILES string of the molecule is [O-][N+](=NNc1cccc(Cl)c1)c1ccccc1. The van der Waals surface area contributed by atoms with Crippen LogP contribution in [0.1, 0.15) is 0 Å². The maximum absolute atomic E-state index is 11.6. The largest absolute Gasteiger partial charge is 0.691 e. The first-order valence-electron chi connectivity index (χ1n) is 5.00. The second kappa shape index (κ2) is 5.32. The van der Waals surface area contributed by atoms with E-state index in [0.29, 0.717) is 21.3 Å². The van der Waals surface area contributed by atoms with Crippen LogP contribution in [0.25, 0.3) is 0 Å². The van der Waals surface area contributed by atoms with E-state index in [1.807, 2.05) is 6.07 Å². The van der Waals surface area contributed by atoms with Crippen LogP contribution < -0.4 is 5.43 Å². The summed E-state index contributed by atoms with van der Waals surface area (Å²) in [5.41, 5.74) is 3.76. The zero-order valence-electron chi connectivity index (χ0n) is 8.88. The molecule has 0 aliphatic carbocycles. The van der Waals surface area contributed by atoms with Crippen molar-refractivity contribution >= 4 is 23.0 Å². The average molecular weight is 248 g/mol. The smallest absolute Gasteiger partial charge is 0.154 e. The third kappa shape index (κ3) is 3.19. The third-order valence-corrected chi connectivity index (χ3v) is 2.31. The van der Waals surface area contributed by atoms with Gasteiger partial charge in [0.15, 0.2) is 5.69 Å². The summed E-state index contributed by atoms with van der Waals surface area (Å²) in [6.07, 6.45) is 0. The van der Waals surface area contributed by atoms with E-state index in [1.165, 1.54) is 0 Å². The third-order valence-electron chi connectivity index (χ3n) is 2.07. The van der Waals surface area contributed by atoms with Crippen LogP contribution in [-0.2, 0) is 0 Å². The van der Waals surface area contributed by atoms with E-state index < -0.39 is 0 Å². The van der Waals surface area contributed by atoms with Gasteiger partial charge in [0, 0.05) is 11.1 Å². The molecule has 0 aromatic heterocycles. The van der Waals surface area contributed by atoms with E-state index in [9.17, 15) is 5.21 Å². The fraction of sp³-hybridized carbons (Fsp3) is 0. The first-order valence-corrected chi connectivity index (χ1v) is 5.38. The molecule has 86 valence electrons. The fourth-order valence-electron chi connectivity index (χ4n) is 1.27. The van der Waals surface area contributed by atoms with Crippen molar-refractivity contribution in [1.82, 2.24) is 0 Å². The molecule has 0 aliphatic heterocycles. The molecule has 4 nitrogen and oxygen atoms in total. The zero-order chi connectivity index (χ0) is 12.1. The molecule has 17 heavy (non-hydrogen) atoms. The van der Waals surface area contributed by atoms with E-state index in [4.69, 9.17) is 11.6 Å². The molecule has 0 bridgehead atoms. The summed E-state index contributed by atoms with van der Waals surface area (Å²) in [6.45, 7) is 0. The summed E-state index contributed by atoms with van der Waals surface area (Å²) in [7, 11) is 0. The lowest BCUT2D eigenvalue weighted by Crippen LogP contribution is -1.97. The lowest BCUT2D eigenvalue weighted by molar-refractivity contribution is -0.439. The summed E-state index contributed by atoms with van der Waals surface area (Å²) in [4.78, 5) is 0.515. The molecular formula is C12H10ClN3O. The van der Waals surface area contributed by atoms with Crippen molar-refractivity contribution in [3.63, 3.8) is 0 Å². The van der Waals surface area contributed by atoms with Crippen LogP contribution in [0.2, 0.25) is 5.02 Å². The highest BCUT2D eigenvalue weighted by atomic mass is 35.5. The molecular weight excluding hydrogens is 238 g/mol. The molecule has 0 atom stereocenters. The van der Waals surface area contributed by atoms with Gasteiger partial charge >= 0.3 is 0 Å². The Morgan fingerprint density at radius 2 is 1.82 bits per heavy atom. The van der Waals surface area contributed by atoms with Crippen molar-refractivity contribution in [3.8, 4) is 0 Å². The number of benzene rings is 2. The predicted molar refractivity (Wildman–Crippen MR) is 67.2 cm³/mol. The Morgan fingerprint density at radius 1 is 1.06 bits per heavy atom. The molecule has 5 heteroatoms. The van der Waals surface area contributed by atoms with Gasteiger partial charge in [-0.25, -0.2) is 0 Å². The van der Waals surface area contributed by atoms with Gasteiger partial charge in [0.1, 0.15) is 5.69 Å². The predicted octanol–water partition coefficient (Wildman–Crippen LogP) is 3.96. The minimum absolute atomic E-state index is 0.460. The van der Waals surface area contributed by atoms with Crippen LogP contribution in [0.3, 0.4) is 0 Å².